The number of phosphoric acid groups is 1. The lowest BCUT2D eigenvalue weighted by Crippen LogP contribution is -2.29. The molecule has 0 heterocycles. The van der Waals surface area contributed by atoms with Gasteiger partial charge >= 0.3 is 13.8 Å². The van der Waals surface area contributed by atoms with Crippen LogP contribution in [-0.2, 0) is 27.9 Å². The van der Waals surface area contributed by atoms with Crippen LogP contribution in [0.15, 0.2) is 36.5 Å². The molecule has 0 spiro atoms. The number of phosphoric ester groups is 1. The molecule has 0 aromatic heterocycles. The molecule has 0 aromatic carbocycles. The lowest BCUT2D eigenvalue weighted by molar-refractivity contribution is -0.154. The Morgan fingerprint density at radius 2 is 1.06 bits per heavy atom. The van der Waals surface area contributed by atoms with Crippen LogP contribution in [0.1, 0.15) is 194 Å². The summed E-state index contributed by atoms with van der Waals surface area (Å²) in [7, 11) is -4.52. The van der Waals surface area contributed by atoms with E-state index < -0.39 is 39.2 Å². The molecule has 0 aliphatic rings. The van der Waals surface area contributed by atoms with E-state index in [2.05, 4.69) is 50.3 Å². The molecule has 318 valence electrons. The number of ether oxygens (including phenoxy) is 2. The van der Waals surface area contributed by atoms with Crippen LogP contribution < -0.4 is 0 Å². The zero-order valence-corrected chi connectivity index (χ0v) is 35.6. The van der Waals surface area contributed by atoms with Gasteiger partial charge in [-0.25, -0.2) is 4.57 Å². The number of carbonyl (C=O) groups is 1. The number of allylic oxidation sites excluding steroid dienone is 6. The number of aliphatic hydroxyl groups is 2. The van der Waals surface area contributed by atoms with Gasteiger partial charge in [-0.05, 0) is 44.9 Å². The minimum atomic E-state index is -4.52. The van der Waals surface area contributed by atoms with E-state index in [1.807, 2.05) is 0 Å². The number of aliphatic hydroxyl groups excluding tert-OH is 2. The normalized spacial score (nSPS) is 14.4. The molecule has 0 saturated heterocycles. The minimum absolute atomic E-state index is 0.0448. The lowest BCUT2D eigenvalue weighted by atomic mass is 10.0. The first-order valence-corrected chi connectivity index (χ1v) is 23.5. The summed E-state index contributed by atoms with van der Waals surface area (Å²) in [5.74, 6) is -0.397. The standard InChI is InChI=1S/C44H83O9P/c1-3-5-7-9-11-13-15-17-19-20-21-23-25-27-29-31-33-35-37-50-40-43(41-52-54(48,49)51-39-42(46)38-45)53-44(47)36-34-32-30-28-26-24-22-18-16-14-12-10-8-6-4-2/h6,8,12,14,18,22,42-43,45-46H,3-5,7,9-11,13,15-17,19-21,23-41H2,1-2H3,(H,48,49)/b8-6-,14-12-,22-18-. The van der Waals surface area contributed by atoms with Crippen LogP contribution in [0.4, 0.5) is 0 Å². The van der Waals surface area contributed by atoms with E-state index in [1.54, 1.807) is 0 Å². The monoisotopic (exact) mass is 787 g/mol. The highest BCUT2D eigenvalue weighted by molar-refractivity contribution is 7.47. The summed E-state index contributed by atoms with van der Waals surface area (Å²) in [5, 5.41) is 18.3. The quantitative estimate of drug-likeness (QED) is 0.0239. The first kappa shape index (κ1) is 52.7. The molecule has 0 radical (unpaired) electrons. The molecular weight excluding hydrogens is 703 g/mol. The molecule has 0 bridgehead atoms. The molecule has 10 heteroatoms. The van der Waals surface area contributed by atoms with Crippen molar-refractivity contribution < 1.29 is 43.0 Å². The van der Waals surface area contributed by atoms with Crippen LogP contribution in [0.25, 0.3) is 0 Å². The zero-order valence-electron chi connectivity index (χ0n) is 34.7. The molecule has 0 fully saturated rings. The van der Waals surface area contributed by atoms with Crippen molar-refractivity contribution in [3.63, 3.8) is 0 Å². The molecule has 0 saturated carbocycles. The molecule has 54 heavy (non-hydrogen) atoms. The molecule has 3 unspecified atom stereocenters. The van der Waals surface area contributed by atoms with E-state index in [1.165, 1.54) is 103 Å². The molecule has 3 N–H and O–H groups in total. The third kappa shape index (κ3) is 40.3. The van der Waals surface area contributed by atoms with Gasteiger partial charge in [-0.15, -0.1) is 0 Å². The van der Waals surface area contributed by atoms with E-state index in [9.17, 15) is 19.4 Å². The number of rotatable bonds is 42. The second-order valence-corrected chi connectivity index (χ2v) is 16.1. The molecular formula is C44H83O9P. The van der Waals surface area contributed by atoms with Crippen LogP contribution in [-0.4, -0.2) is 66.3 Å². The summed E-state index contributed by atoms with van der Waals surface area (Å²) in [6.07, 6.45) is 43.9. The number of esters is 1. The minimum Gasteiger partial charge on any atom is -0.457 e. The highest BCUT2D eigenvalue weighted by atomic mass is 31.2. The van der Waals surface area contributed by atoms with E-state index in [-0.39, 0.29) is 19.6 Å². The number of hydrogen-bond donors (Lipinski definition) is 3. The number of hydrogen-bond acceptors (Lipinski definition) is 8. The van der Waals surface area contributed by atoms with Gasteiger partial charge in [0.15, 0.2) is 0 Å². The molecule has 0 amide bonds. The first-order valence-electron chi connectivity index (χ1n) is 22.0. The molecule has 0 rings (SSSR count). The van der Waals surface area contributed by atoms with Crippen molar-refractivity contribution in [1.29, 1.82) is 0 Å². The zero-order chi connectivity index (χ0) is 39.6. The van der Waals surface area contributed by atoms with Gasteiger partial charge in [0.05, 0.1) is 26.4 Å². The van der Waals surface area contributed by atoms with Crippen molar-refractivity contribution in [1.82, 2.24) is 0 Å². The predicted octanol–water partition coefficient (Wildman–Crippen LogP) is 12.0. The van der Waals surface area contributed by atoms with Gasteiger partial charge in [-0.2, -0.15) is 0 Å². The largest absolute Gasteiger partial charge is 0.472 e. The molecule has 0 aliphatic heterocycles. The van der Waals surface area contributed by atoms with Gasteiger partial charge < -0.3 is 24.6 Å². The van der Waals surface area contributed by atoms with Gasteiger partial charge in [0, 0.05) is 13.0 Å². The Morgan fingerprint density at radius 1 is 0.593 bits per heavy atom. The maximum absolute atomic E-state index is 12.6. The van der Waals surface area contributed by atoms with Crippen LogP contribution >= 0.6 is 7.82 Å². The summed E-state index contributed by atoms with van der Waals surface area (Å²) in [6, 6.07) is 0. The summed E-state index contributed by atoms with van der Waals surface area (Å²) in [4.78, 5) is 22.6. The van der Waals surface area contributed by atoms with Crippen LogP contribution in [0, 0.1) is 0 Å². The van der Waals surface area contributed by atoms with E-state index in [4.69, 9.17) is 23.6 Å². The molecule has 0 aromatic rings. The van der Waals surface area contributed by atoms with Crippen molar-refractivity contribution in [2.45, 2.75) is 206 Å². The van der Waals surface area contributed by atoms with Crippen molar-refractivity contribution in [3.8, 4) is 0 Å². The van der Waals surface area contributed by atoms with Crippen LogP contribution in [0.3, 0.4) is 0 Å². The Morgan fingerprint density at radius 3 is 1.59 bits per heavy atom. The fourth-order valence-corrected chi connectivity index (χ4v) is 6.81. The summed E-state index contributed by atoms with van der Waals surface area (Å²) >= 11 is 0. The third-order valence-corrected chi connectivity index (χ3v) is 10.3. The first-order chi connectivity index (χ1) is 26.3. The van der Waals surface area contributed by atoms with Gasteiger partial charge in [-0.3, -0.25) is 13.8 Å². The van der Waals surface area contributed by atoms with Crippen molar-refractivity contribution in [3.05, 3.63) is 36.5 Å². The smallest absolute Gasteiger partial charge is 0.457 e. The highest BCUT2D eigenvalue weighted by Crippen LogP contribution is 2.43. The lowest BCUT2D eigenvalue weighted by Gasteiger charge is -2.20. The molecule has 3 atom stereocenters. The molecule has 0 aliphatic carbocycles. The Hall–Kier alpha value is -1.32. The van der Waals surface area contributed by atoms with Gasteiger partial charge in [0.2, 0.25) is 0 Å². The van der Waals surface area contributed by atoms with Gasteiger partial charge in [-0.1, -0.05) is 179 Å². The summed E-state index contributed by atoms with van der Waals surface area (Å²) < 4.78 is 33.4. The van der Waals surface area contributed by atoms with Crippen LogP contribution in [0.2, 0.25) is 0 Å². The number of carbonyl (C=O) groups excluding carboxylic acids is 1. The average Bonchev–Trinajstić information content (AvgIpc) is 3.16. The van der Waals surface area contributed by atoms with Crippen molar-refractivity contribution >= 4 is 13.8 Å². The van der Waals surface area contributed by atoms with Gasteiger partial charge in [0.1, 0.15) is 12.2 Å². The van der Waals surface area contributed by atoms with E-state index in [0.29, 0.717) is 13.0 Å². The van der Waals surface area contributed by atoms with E-state index >= 15 is 0 Å². The van der Waals surface area contributed by atoms with Crippen molar-refractivity contribution in [2.24, 2.45) is 0 Å². The average molecular weight is 787 g/mol. The predicted molar refractivity (Wildman–Crippen MR) is 224 cm³/mol. The summed E-state index contributed by atoms with van der Waals surface area (Å²) in [5.41, 5.74) is 0. The Balaban J connectivity index is 4.15. The SMILES string of the molecule is CC/C=C\C/C=C\C/C=C\CCCCCCCC(=O)OC(COCCCCCCCCCCCCCCCCCCCC)COP(=O)(O)OCC(O)CO. The highest BCUT2D eigenvalue weighted by Gasteiger charge is 2.26. The Bertz CT molecular complexity index is 939. The number of unbranched alkanes of at least 4 members (excludes halogenated alkanes) is 22. The van der Waals surface area contributed by atoms with Crippen molar-refractivity contribution in [2.75, 3.05) is 33.0 Å². The maximum atomic E-state index is 12.6. The molecule has 9 nitrogen and oxygen atoms in total. The Labute approximate surface area is 331 Å². The fraction of sp³-hybridized carbons (Fsp3) is 0.841. The van der Waals surface area contributed by atoms with Gasteiger partial charge in [0.25, 0.3) is 0 Å². The topological polar surface area (TPSA) is 132 Å². The summed E-state index contributed by atoms with van der Waals surface area (Å²) in [6.45, 7) is 3.41. The van der Waals surface area contributed by atoms with Crippen LogP contribution in [0.5, 0.6) is 0 Å². The Kier molecular flexibility index (Phi) is 40.3. The third-order valence-electron chi connectivity index (χ3n) is 9.34. The van der Waals surface area contributed by atoms with E-state index in [0.717, 1.165) is 64.2 Å². The second-order valence-electron chi connectivity index (χ2n) is 14.7. The fourth-order valence-electron chi connectivity index (χ4n) is 6.02. The second kappa shape index (κ2) is 41.3. The maximum Gasteiger partial charge on any atom is 0.472 e.